The first-order valence-electron chi connectivity index (χ1n) is 11.5. The third-order valence-corrected chi connectivity index (χ3v) is 6.91. The van der Waals surface area contributed by atoms with Gasteiger partial charge in [0.05, 0.1) is 0 Å². The summed E-state index contributed by atoms with van der Waals surface area (Å²) in [6.07, 6.45) is 0. The van der Waals surface area contributed by atoms with Crippen LogP contribution in [0, 0.1) is 0 Å². The summed E-state index contributed by atoms with van der Waals surface area (Å²) in [4.78, 5) is 0. The Kier molecular flexibility index (Phi) is 4.83. The number of phenols is 8. The molecule has 6 aromatic carbocycles. The van der Waals surface area contributed by atoms with E-state index in [1.807, 2.05) is 18.2 Å². The lowest BCUT2D eigenvalue weighted by Crippen LogP contribution is -1.95. The Morgan fingerprint density at radius 2 is 0.763 bits per heavy atom. The molecule has 0 spiro atoms. The van der Waals surface area contributed by atoms with Gasteiger partial charge < -0.3 is 40.9 Å². The van der Waals surface area contributed by atoms with Crippen molar-refractivity contribution in [2.45, 2.75) is 0 Å². The minimum Gasteiger partial charge on any atom is -0.504 e. The fraction of sp³-hybridized carbons (Fsp3) is 0. The molecule has 0 aliphatic carbocycles. The van der Waals surface area contributed by atoms with Crippen LogP contribution in [-0.2, 0) is 0 Å². The normalized spacial score (nSPS) is 11.5. The second kappa shape index (κ2) is 8.01. The Morgan fingerprint density at radius 3 is 1.29 bits per heavy atom. The van der Waals surface area contributed by atoms with E-state index in [1.54, 1.807) is 54.6 Å². The molecule has 188 valence electrons. The standard InChI is InChI=1S/C30H20O8/c31-23-19-17(14-8-2-1-3-9-14)20-22(26(34)30(38)28(36)24(20)32)18(21(19)25(33)29(37)27(23)35)16-12-6-10-13-7-4-5-11-15(13)16/h1-12,31-38H. The molecule has 0 fully saturated rings. The third-order valence-electron chi connectivity index (χ3n) is 6.91. The van der Waals surface area contributed by atoms with E-state index in [9.17, 15) is 40.9 Å². The molecule has 8 nitrogen and oxygen atoms in total. The zero-order chi connectivity index (χ0) is 26.9. The molecule has 0 atom stereocenters. The highest BCUT2D eigenvalue weighted by Gasteiger charge is 2.32. The van der Waals surface area contributed by atoms with Crippen molar-refractivity contribution in [3.05, 3.63) is 72.8 Å². The van der Waals surface area contributed by atoms with Crippen molar-refractivity contribution < 1.29 is 40.9 Å². The fourth-order valence-electron chi connectivity index (χ4n) is 5.23. The minimum absolute atomic E-state index is 0.0192. The zero-order valence-corrected chi connectivity index (χ0v) is 19.5. The minimum atomic E-state index is -0.999. The van der Waals surface area contributed by atoms with E-state index < -0.39 is 46.0 Å². The van der Waals surface area contributed by atoms with Gasteiger partial charge in [0, 0.05) is 32.7 Å². The van der Waals surface area contributed by atoms with Crippen LogP contribution in [0.1, 0.15) is 0 Å². The highest BCUT2D eigenvalue weighted by Crippen LogP contribution is 2.62. The van der Waals surface area contributed by atoms with Crippen molar-refractivity contribution in [1.29, 1.82) is 0 Å². The van der Waals surface area contributed by atoms with Crippen LogP contribution in [0.2, 0.25) is 0 Å². The van der Waals surface area contributed by atoms with Crippen LogP contribution in [0.5, 0.6) is 46.0 Å². The van der Waals surface area contributed by atoms with E-state index in [0.717, 1.165) is 5.39 Å². The molecule has 0 aromatic heterocycles. The molecule has 38 heavy (non-hydrogen) atoms. The molecule has 0 aliphatic heterocycles. The molecule has 8 N–H and O–H groups in total. The summed E-state index contributed by atoms with van der Waals surface area (Å²) in [5.74, 6) is -7.20. The molecule has 6 rings (SSSR count). The maximum Gasteiger partial charge on any atom is 0.204 e. The van der Waals surface area contributed by atoms with Crippen molar-refractivity contribution in [2.24, 2.45) is 0 Å². The Hall–Kier alpha value is -5.50. The van der Waals surface area contributed by atoms with Gasteiger partial charge in [-0.3, -0.25) is 0 Å². The molecular weight excluding hydrogens is 488 g/mol. The average molecular weight is 508 g/mol. The number of benzene rings is 6. The number of fused-ring (bicyclic) bond motifs is 3. The van der Waals surface area contributed by atoms with Gasteiger partial charge >= 0.3 is 0 Å². The van der Waals surface area contributed by atoms with Gasteiger partial charge in [-0.2, -0.15) is 0 Å². The zero-order valence-electron chi connectivity index (χ0n) is 19.5. The molecule has 0 bridgehead atoms. The summed E-state index contributed by atoms with van der Waals surface area (Å²) >= 11 is 0. The van der Waals surface area contributed by atoms with Crippen LogP contribution in [0.3, 0.4) is 0 Å². The van der Waals surface area contributed by atoms with E-state index in [-0.39, 0.29) is 32.7 Å². The van der Waals surface area contributed by atoms with Crippen LogP contribution in [-0.4, -0.2) is 40.9 Å². The molecule has 6 aromatic rings. The van der Waals surface area contributed by atoms with Crippen LogP contribution in [0.4, 0.5) is 0 Å². The molecule has 0 saturated carbocycles. The van der Waals surface area contributed by atoms with Gasteiger partial charge in [0.2, 0.25) is 23.0 Å². The van der Waals surface area contributed by atoms with Gasteiger partial charge in [-0.05, 0) is 21.9 Å². The first-order chi connectivity index (χ1) is 18.2. The topological polar surface area (TPSA) is 162 Å². The third kappa shape index (κ3) is 2.91. The number of phenolic OH excluding ortho intramolecular Hbond substituents is 8. The highest BCUT2D eigenvalue weighted by molar-refractivity contribution is 6.30. The maximum absolute atomic E-state index is 11.2. The van der Waals surface area contributed by atoms with Crippen LogP contribution in [0.25, 0.3) is 54.6 Å². The van der Waals surface area contributed by atoms with Gasteiger partial charge in [-0.15, -0.1) is 0 Å². The quantitative estimate of drug-likeness (QED) is 0.0787. The second-order valence-electron chi connectivity index (χ2n) is 8.93. The van der Waals surface area contributed by atoms with E-state index >= 15 is 0 Å². The Morgan fingerprint density at radius 1 is 0.342 bits per heavy atom. The Labute approximate surface area is 214 Å². The SMILES string of the molecule is Oc1c(O)c(O)c2c(-c3cccc4ccccc34)c3c(O)c(O)c(O)c(O)c3c(-c3ccccc3)c2c1O. The maximum atomic E-state index is 11.2. The molecule has 0 heterocycles. The summed E-state index contributed by atoms with van der Waals surface area (Å²) in [7, 11) is 0. The summed E-state index contributed by atoms with van der Waals surface area (Å²) in [6.45, 7) is 0. The first kappa shape index (κ1) is 22.9. The van der Waals surface area contributed by atoms with E-state index in [4.69, 9.17) is 0 Å². The van der Waals surface area contributed by atoms with Gasteiger partial charge in [0.15, 0.2) is 23.0 Å². The Balaban J connectivity index is 2.05. The van der Waals surface area contributed by atoms with Crippen molar-refractivity contribution in [1.82, 2.24) is 0 Å². The van der Waals surface area contributed by atoms with Crippen molar-refractivity contribution in [3.63, 3.8) is 0 Å². The number of rotatable bonds is 2. The van der Waals surface area contributed by atoms with Crippen LogP contribution in [0.15, 0.2) is 72.8 Å². The molecule has 0 saturated heterocycles. The summed E-state index contributed by atoms with van der Waals surface area (Å²) < 4.78 is 0. The second-order valence-corrected chi connectivity index (χ2v) is 8.93. The molecule has 8 heteroatoms. The van der Waals surface area contributed by atoms with Crippen molar-refractivity contribution >= 4 is 32.3 Å². The summed E-state index contributed by atoms with van der Waals surface area (Å²) in [5, 5.41) is 87.7. The molecule has 0 amide bonds. The van der Waals surface area contributed by atoms with Gasteiger partial charge in [0.1, 0.15) is 0 Å². The first-order valence-corrected chi connectivity index (χ1v) is 11.5. The molecule has 0 unspecified atom stereocenters. The average Bonchev–Trinajstić information content (AvgIpc) is 2.95. The van der Waals surface area contributed by atoms with E-state index in [1.165, 1.54) is 0 Å². The number of hydrogen-bond donors (Lipinski definition) is 8. The van der Waals surface area contributed by atoms with E-state index in [2.05, 4.69) is 0 Å². The van der Waals surface area contributed by atoms with Crippen molar-refractivity contribution in [3.8, 4) is 68.2 Å². The molecule has 0 aliphatic rings. The monoisotopic (exact) mass is 508 g/mol. The van der Waals surface area contributed by atoms with Gasteiger partial charge in [-0.1, -0.05) is 72.8 Å². The number of hydrogen-bond acceptors (Lipinski definition) is 8. The lowest BCUT2D eigenvalue weighted by atomic mass is 9.82. The predicted molar refractivity (Wildman–Crippen MR) is 143 cm³/mol. The largest absolute Gasteiger partial charge is 0.504 e. The van der Waals surface area contributed by atoms with Crippen LogP contribution < -0.4 is 0 Å². The summed E-state index contributed by atoms with van der Waals surface area (Å²) in [6, 6.07) is 20.7. The lowest BCUT2D eigenvalue weighted by Gasteiger charge is -2.23. The van der Waals surface area contributed by atoms with E-state index in [0.29, 0.717) is 16.5 Å². The van der Waals surface area contributed by atoms with Gasteiger partial charge in [-0.25, -0.2) is 0 Å². The predicted octanol–water partition coefficient (Wildman–Crippen LogP) is 6.13. The summed E-state index contributed by atoms with van der Waals surface area (Å²) in [5.41, 5.74) is 0.812. The molecule has 0 radical (unpaired) electrons. The van der Waals surface area contributed by atoms with Crippen LogP contribution >= 0.6 is 0 Å². The smallest absolute Gasteiger partial charge is 0.204 e. The number of aromatic hydroxyl groups is 8. The fourth-order valence-corrected chi connectivity index (χ4v) is 5.23. The van der Waals surface area contributed by atoms with Crippen molar-refractivity contribution in [2.75, 3.05) is 0 Å². The highest BCUT2D eigenvalue weighted by atomic mass is 16.4. The Bertz CT molecular complexity index is 1860. The molecular formula is C30H20O8. The lowest BCUT2D eigenvalue weighted by molar-refractivity contribution is 0.350. The van der Waals surface area contributed by atoms with Gasteiger partial charge in [0.25, 0.3) is 0 Å².